The highest BCUT2D eigenvalue weighted by atomic mass is 19.1. The number of aromatic nitrogens is 5. The van der Waals surface area contributed by atoms with Crippen LogP contribution in [0, 0.1) is 17.6 Å². The first-order chi connectivity index (χ1) is 17.9. The third-order valence-corrected chi connectivity index (χ3v) is 7.22. The van der Waals surface area contributed by atoms with Crippen LogP contribution in [0.4, 0.5) is 14.6 Å². The largest absolute Gasteiger partial charge is 0.481 e. The molecule has 4 aromatic heterocycles. The van der Waals surface area contributed by atoms with Crippen LogP contribution >= 0.6 is 0 Å². The molecule has 2 fully saturated rings. The van der Waals surface area contributed by atoms with Crippen LogP contribution in [0.3, 0.4) is 0 Å². The number of rotatable bonds is 5. The van der Waals surface area contributed by atoms with E-state index in [1.165, 1.54) is 36.0 Å². The number of hydrogen-bond donors (Lipinski definition) is 2. The second-order valence-corrected chi connectivity index (χ2v) is 9.43. The number of anilines is 1. The summed E-state index contributed by atoms with van der Waals surface area (Å²) >= 11 is 0. The lowest BCUT2D eigenvalue weighted by Crippen LogP contribution is -2.50. The molecule has 0 aromatic carbocycles. The summed E-state index contributed by atoms with van der Waals surface area (Å²) in [6.45, 7) is 0.352. The Hall–Kier alpha value is -4.35. The number of halogens is 2. The molecule has 1 spiro atoms. The van der Waals surface area contributed by atoms with Crippen LogP contribution in [0.1, 0.15) is 36.2 Å². The van der Waals surface area contributed by atoms with Gasteiger partial charge in [-0.15, -0.1) is 0 Å². The van der Waals surface area contributed by atoms with E-state index in [4.69, 9.17) is 4.74 Å². The summed E-state index contributed by atoms with van der Waals surface area (Å²) in [7, 11) is 1.43. The summed E-state index contributed by atoms with van der Waals surface area (Å²) in [5.41, 5.74) is 0.897. The van der Waals surface area contributed by atoms with Crippen molar-refractivity contribution in [3.63, 3.8) is 0 Å². The Morgan fingerprint density at radius 2 is 2.03 bits per heavy atom. The highest BCUT2D eigenvalue weighted by molar-refractivity contribution is 5.95. The Labute approximate surface area is 209 Å². The number of pyridine rings is 2. The minimum absolute atomic E-state index is 0.000111. The van der Waals surface area contributed by atoms with Gasteiger partial charge in [-0.25, -0.2) is 18.3 Å². The molecule has 0 unspecified atom stereocenters. The fraction of sp³-hybridized carbons (Fsp3) is 0.320. The Kier molecular flexibility index (Phi) is 5.39. The van der Waals surface area contributed by atoms with Crippen molar-refractivity contribution >= 4 is 23.1 Å². The molecule has 2 aliphatic rings. The number of amides is 2. The molecule has 2 amide bonds. The zero-order valence-corrected chi connectivity index (χ0v) is 19.9. The predicted octanol–water partition coefficient (Wildman–Crippen LogP) is 3.43. The number of piperidine rings is 1. The molecule has 0 bridgehead atoms. The maximum atomic E-state index is 14.5. The second kappa shape index (κ2) is 8.64. The fourth-order valence-corrected chi connectivity index (χ4v) is 5.09. The Balaban J connectivity index is 1.18. The molecule has 12 heteroatoms. The molecule has 37 heavy (non-hydrogen) atoms. The molecule has 190 valence electrons. The lowest BCUT2D eigenvalue weighted by Gasteiger charge is -2.39. The van der Waals surface area contributed by atoms with Crippen molar-refractivity contribution in [2.75, 3.05) is 19.0 Å². The third-order valence-electron chi connectivity index (χ3n) is 7.22. The molecule has 1 saturated carbocycles. The van der Waals surface area contributed by atoms with E-state index in [2.05, 4.69) is 25.6 Å². The van der Waals surface area contributed by atoms with Crippen molar-refractivity contribution in [1.82, 2.24) is 29.7 Å². The highest BCUT2D eigenvalue weighted by Gasteiger charge is 2.54. The summed E-state index contributed by atoms with van der Waals surface area (Å²) in [5.74, 6) is -1.88. The average Bonchev–Trinajstić information content (AvgIpc) is 3.29. The quantitative estimate of drug-likeness (QED) is 0.428. The fourth-order valence-electron chi connectivity index (χ4n) is 5.09. The smallest absolute Gasteiger partial charge is 0.274 e. The first-order valence-electron chi connectivity index (χ1n) is 11.9. The molecule has 0 radical (unpaired) electrons. The first-order valence-corrected chi connectivity index (χ1v) is 11.9. The van der Waals surface area contributed by atoms with Crippen LogP contribution < -0.4 is 10.1 Å². The van der Waals surface area contributed by atoms with E-state index in [1.54, 1.807) is 17.0 Å². The van der Waals surface area contributed by atoms with Crippen molar-refractivity contribution < 1.29 is 23.1 Å². The molecule has 1 atom stereocenters. The van der Waals surface area contributed by atoms with Gasteiger partial charge in [0, 0.05) is 29.6 Å². The van der Waals surface area contributed by atoms with Crippen molar-refractivity contribution in [1.29, 1.82) is 0 Å². The zero-order valence-electron chi connectivity index (χ0n) is 19.9. The van der Waals surface area contributed by atoms with Gasteiger partial charge in [-0.05, 0) is 49.9 Å². The molecule has 10 nitrogen and oxygen atoms in total. The normalized spacial score (nSPS) is 18.2. The van der Waals surface area contributed by atoms with Crippen molar-refractivity contribution in [2.45, 2.75) is 31.2 Å². The molecule has 1 aliphatic heterocycles. The first kappa shape index (κ1) is 23.1. The Bertz CT molecular complexity index is 1530. The van der Waals surface area contributed by atoms with Gasteiger partial charge in [0.1, 0.15) is 0 Å². The van der Waals surface area contributed by atoms with Gasteiger partial charge in [-0.2, -0.15) is 10.2 Å². The van der Waals surface area contributed by atoms with Gasteiger partial charge in [0.2, 0.25) is 11.8 Å². The molecule has 6 rings (SSSR count). The molecular weight excluding hydrogens is 484 g/mol. The minimum Gasteiger partial charge on any atom is -0.481 e. The third kappa shape index (κ3) is 3.98. The van der Waals surface area contributed by atoms with E-state index in [0.29, 0.717) is 30.6 Å². The van der Waals surface area contributed by atoms with Crippen LogP contribution in [0.5, 0.6) is 5.88 Å². The predicted molar refractivity (Wildman–Crippen MR) is 128 cm³/mol. The van der Waals surface area contributed by atoms with Crippen molar-refractivity contribution in [3.8, 4) is 17.1 Å². The van der Waals surface area contributed by atoms with Gasteiger partial charge in [0.15, 0.2) is 23.1 Å². The van der Waals surface area contributed by atoms with E-state index < -0.39 is 17.2 Å². The number of aromatic amines is 1. The number of likely N-dealkylation sites (tertiary alicyclic amines) is 1. The van der Waals surface area contributed by atoms with Gasteiger partial charge < -0.3 is 15.0 Å². The summed E-state index contributed by atoms with van der Waals surface area (Å²) in [6, 6.07) is 7.53. The molecule has 5 heterocycles. The topological polar surface area (TPSA) is 118 Å². The van der Waals surface area contributed by atoms with Gasteiger partial charge >= 0.3 is 0 Å². The number of hydrogen-bond acceptors (Lipinski definition) is 6. The Morgan fingerprint density at radius 3 is 2.81 bits per heavy atom. The molecule has 2 N–H and O–H groups in total. The van der Waals surface area contributed by atoms with Gasteiger partial charge in [-0.3, -0.25) is 14.7 Å². The van der Waals surface area contributed by atoms with Crippen LogP contribution in [0.15, 0.2) is 42.7 Å². The zero-order chi connectivity index (χ0) is 25.7. The lowest BCUT2D eigenvalue weighted by molar-refractivity contribution is -0.122. The van der Waals surface area contributed by atoms with E-state index >= 15 is 0 Å². The van der Waals surface area contributed by atoms with E-state index in [9.17, 15) is 18.4 Å². The molecule has 1 aliphatic carbocycles. The number of fused-ring (bicyclic) bond motifs is 1. The second-order valence-electron chi connectivity index (χ2n) is 9.43. The van der Waals surface area contributed by atoms with Crippen LogP contribution in [-0.4, -0.2) is 60.7 Å². The number of methoxy groups -OCH3 is 1. The highest BCUT2D eigenvalue weighted by Crippen LogP contribution is 2.50. The lowest BCUT2D eigenvalue weighted by atomic mass is 9.88. The molecular formula is C25H23F2N7O3. The molecule has 4 aromatic rings. The number of nitrogens with zero attached hydrogens (tertiary/aromatic N) is 5. The summed E-state index contributed by atoms with van der Waals surface area (Å²) < 4.78 is 35.2. The summed E-state index contributed by atoms with van der Waals surface area (Å²) in [5, 5.41) is 13.6. The minimum atomic E-state index is -0.573. The number of H-pyrrole nitrogens is 1. The van der Waals surface area contributed by atoms with Gasteiger partial charge in [0.25, 0.3) is 5.91 Å². The van der Waals surface area contributed by atoms with E-state index in [0.717, 1.165) is 19.0 Å². The summed E-state index contributed by atoms with van der Waals surface area (Å²) in [4.78, 5) is 32.1. The SMILES string of the molecule is COc1cc(-c2cc(C(=O)N3CC[C@H](C(=O)Nc4c(F)ccc5ccnn45)CC34CC4)n[nH]2)c(F)cn1. The number of ether oxygens (including phenoxy) is 1. The standard InChI is InChI=1S/C25H23F2N7O3/c1-37-21-10-16(18(27)13-28-21)19-11-20(32-31-19)24(36)33-9-5-14(12-25(33)6-7-25)23(35)30-22-17(26)3-2-15-4-8-29-34(15)22/h2-4,8,10-11,13-14H,5-7,9,12H2,1H3,(H,30,35)(H,31,32)/t14-/m0/s1. The van der Waals surface area contributed by atoms with Crippen LogP contribution in [0.25, 0.3) is 16.8 Å². The number of nitrogens with one attached hydrogen (secondary N) is 2. The van der Waals surface area contributed by atoms with Gasteiger partial charge in [0.05, 0.1) is 30.7 Å². The summed E-state index contributed by atoms with van der Waals surface area (Å²) in [6.07, 6.45) is 4.99. The van der Waals surface area contributed by atoms with Crippen LogP contribution in [0.2, 0.25) is 0 Å². The Morgan fingerprint density at radius 1 is 1.19 bits per heavy atom. The van der Waals surface area contributed by atoms with Crippen molar-refractivity contribution in [3.05, 3.63) is 60.1 Å². The maximum Gasteiger partial charge on any atom is 0.274 e. The maximum absolute atomic E-state index is 14.5. The number of carbonyl (C=O) groups is 2. The molecule has 1 saturated heterocycles. The average molecular weight is 508 g/mol. The van der Waals surface area contributed by atoms with E-state index in [1.807, 2.05) is 0 Å². The number of carbonyl (C=O) groups excluding carboxylic acids is 2. The van der Waals surface area contributed by atoms with Crippen molar-refractivity contribution in [2.24, 2.45) is 5.92 Å². The van der Waals surface area contributed by atoms with Gasteiger partial charge in [-0.1, -0.05) is 0 Å². The monoisotopic (exact) mass is 507 g/mol. The van der Waals surface area contributed by atoms with Crippen LogP contribution in [-0.2, 0) is 4.79 Å². The van der Waals surface area contributed by atoms with E-state index in [-0.39, 0.29) is 40.7 Å².